The van der Waals surface area contributed by atoms with Gasteiger partial charge in [-0.05, 0) is 30.7 Å². The van der Waals surface area contributed by atoms with Gasteiger partial charge in [-0.15, -0.1) is 35.3 Å². The lowest BCUT2D eigenvalue weighted by atomic mass is 10.0. The maximum Gasteiger partial charge on any atom is 0.236 e. The second kappa shape index (κ2) is 10.7. The van der Waals surface area contributed by atoms with Gasteiger partial charge >= 0.3 is 0 Å². The molecule has 3 N–H and O–H groups in total. The topological polar surface area (TPSA) is 76.4 Å². The lowest BCUT2D eigenvalue weighted by molar-refractivity contribution is 0.493. The summed E-state index contributed by atoms with van der Waals surface area (Å²) in [5.74, 6) is 1.85. The lowest BCUT2D eigenvalue weighted by Crippen LogP contribution is -2.38. The van der Waals surface area contributed by atoms with Gasteiger partial charge in [-0.25, -0.2) is 9.98 Å². The van der Waals surface area contributed by atoms with Crippen LogP contribution >= 0.6 is 35.3 Å². The number of nitrogens with two attached hydrogens (primary N) is 1. The maximum absolute atomic E-state index is 5.94. The molecule has 0 fully saturated rings. The molecule has 1 atom stereocenters. The van der Waals surface area contributed by atoms with Gasteiger partial charge in [0.1, 0.15) is 12.0 Å². The molecule has 1 unspecified atom stereocenters. The monoisotopic (exact) mass is 462 g/mol. The largest absolute Gasteiger partial charge is 0.443 e. The molecule has 2 aromatic heterocycles. The van der Waals surface area contributed by atoms with Crippen LogP contribution in [0.4, 0.5) is 0 Å². The number of oxazole rings is 1. The molecule has 0 aromatic carbocycles. The standard InChI is InChI=1S/C17H26N4OS.HI/c1-12(2)6-4-7-13(3)20-17(18)19-10-14-11-22-16(21-14)15-8-5-9-23-15;/h5,8-9,11-13H,4,6-7,10H2,1-3H3,(H3,18,19,20);1H. The number of thiophene rings is 1. The van der Waals surface area contributed by atoms with Gasteiger partial charge in [-0.3, -0.25) is 0 Å². The fraction of sp³-hybridized carbons (Fsp3) is 0.529. The van der Waals surface area contributed by atoms with Crippen molar-refractivity contribution in [1.82, 2.24) is 10.3 Å². The average Bonchev–Trinajstić information content (AvgIpc) is 3.15. The summed E-state index contributed by atoms with van der Waals surface area (Å²) in [5, 5.41) is 5.23. The van der Waals surface area contributed by atoms with Crippen LogP contribution in [0.2, 0.25) is 0 Å². The van der Waals surface area contributed by atoms with E-state index < -0.39 is 0 Å². The van der Waals surface area contributed by atoms with E-state index in [1.165, 1.54) is 12.8 Å². The van der Waals surface area contributed by atoms with Crippen LogP contribution in [0.5, 0.6) is 0 Å². The predicted molar refractivity (Wildman–Crippen MR) is 112 cm³/mol. The van der Waals surface area contributed by atoms with Crippen molar-refractivity contribution < 1.29 is 4.42 Å². The molecule has 2 heterocycles. The minimum Gasteiger partial charge on any atom is -0.443 e. The van der Waals surface area contributed by atoms with Crippen molar-refractivity contribution in [2.45, 2.75) is 52.6 Å². The van der Waals surface area contributed by atoms with Gasteiger partial charge in [0, 0.05) is 6.04 Å². The molecular formula is C17H27IN4OS. The summed E-state index contributed by atoms with van der Waals surface area (Å²) in [4.78, 5) is 9.78. The number of nitrogens with one attached hydrogen (secondary N) is 1. The highest BCUT2D eigenvalue weighted by atomic mass is 127. The molecule has 2 rings (SSSR count). The highest BCUT2D eigenvalue weighted by Crippen LogP contribution is 2.23. The fourth-order valence-corrected chi connectivity index (χ4v) is 2.92. The molecule has 0 aliphatic heterocycles. The molecule has 0 bridgehead atoms. The molecule has 2 aromatic rings. The normalized spacial score (nSPS) is 12.9. The maximum atomic E-state index is 5.94. The molecule has 134 valence electrons. The molecule has 0 aliphatic rings. The van der Waals surface area contributed by atoms with Gasteiger partial charge in [-0.1, -0.05) is 32.8 Å². The average molecular weight is 462 g/mol. The molecule has 0 saturated heterocycles. The van der Waals surface area contributed by atoms with Crippen LogP contribution < -0.4 is 11.1 Å². The Morgan fingerprint density at radius 3 is 2.83 bits per heavy atom. The summed E-state index contributed by atoms with van der Waals surface area (Å²) in [5.41, 5.74) is 6.72. The number of aliphatic imine (C=N–C) groups is 1. The lowest BCUT2D eigenvalue weighted by Gasteiger charge is -2.14. The van der Waals surface area contributed by atoms with E-state index in [0.717, 1.165) is 22.9 Å². The first-order valence-corrected chi connectivity index (χ1v) is 8.97. The van der Waals surface area contributed by atoms with E-state index in [1.54, 1.807) is 17.6 Å². The van der Waals surface area contributed by atoms with Crippen LogP contribution in [0.15, 0.2) is 33.2 Å². The molecule has 7 heteroatoms. The zero-order chi connectivity index (χ0) is 16.7. The Morgan fingerprint density at radius 2 is 2.17 bits per heavy atom. The van der Waals surface area contributed by atoms with Crippen molar-refractivity contribution in [2.24, 2.45) is 16.6 Å². The second-order valence-corrected chi connectivity index (χ2v) is 7.14. The molecule has 0 aliphatic carbocycles. The van der Waals surface area contributed by atoms with Crippen LogP contribution in [0, 0.1) is 5.92 Å². The van der Waals surface area contributed by atoms with Crippen molar-refractivity contribution in [3.63, 3.8) is 0 Å². The molecule has 5 nitrogen and oxygen atoms in total. The van der Waals surface area contributed by atoms with Crippen LogP contribution in [-0.2, 0) is 6.54 Å². The third-order valence-corrected chi connectivity index (χ3v) is 4.37. The number of nitrogens with zero attached hydrogens (tertiary/aromatic N) is 2. The minimum atomic E-state index is 0. The van der Waals surface area contributed by atoms with E-state index in [-0.39, 0.29) is 24.0 Å². The zero-order valence-electron chi connectivity index (χ0n) is 14.5. The van der Waals surface area contributed by atoms with Crippen molar-refractivity contribution in [3.8, 4) is 10.8 Å². The molecule has 24 heavy (non-hydrogen) atoms. The molecule has 0 radical (unpaired) electrons. The van der Waals surface area contributed by atoms with Gasteiger partial charge < -0.3 is 15.5 Å². The van der Waals surface area contributed by atoms with Crippen LogP contribution in [-0.4, -0.2) is 17.0 Å². The van der Waals surface area contributed by atoms with E-state index in [0.29, 0.717) is 24.4 Å². The molecule has 0 amide bonds. The SMILES string of the molecule is CC(C)CCCC(C)NC(N)=NCc1coc(-c2cccs2)n1.I. The molecular weight excluding hydrogens is 435 g/mol. The Bertz CT molecular complexity index is 610. The number of guanidine groups is 1. The van der Waals surface area contributed by atoms with Crippen LogP contribution in [0.25, 0.3) is 10.8 Å². The summed E-state index contributed by atoms with van der Waals surface area (Å²) >= 11 is 1.60. The van der Waals surface area contributed by atoms with Gasteiger partial charge in [0.15, 0.2) is 5.96 Å². The summed E-state index contributed by atoms with van der Waals surface area (Å²) in [7, 11) is 0. The Hall–Kier alpha value is -1.09. The number of rotatable bonds is 8. The predicted octanol–water partition coefficient (Wildman–Crippen LogP) is 4.64. The van der Waals surface area contributed by atoms with E-state index in [1.807, 2.05) is 17.5 Å². The van der Waals surface area contributed by atoms with Gasteiger partial charge in [0.05, 0.1) is 11.4 Å². The van der Waals surface area contributed by atoms with Gasteiger partial charge in [-0.2, -0.15) is 0 Å². The van der Waals surface area contributed by atoms with E-state index >= 15 is 0 Å². The Balaban J connectivity index is 0.00000288. The quantitative estimate of drug-likeness (QED) is 0.341. The van der Waals surface area contributed by atoms with Crippen molar-refractivity contribution in [1.29, 1.82) is 0 Å². The number of hydrogen-bond acceptors (Lipinski definition) is 4. The van der Waals surface area contributed by atoms with Crippen molar-refractivity contribution >= 4 is 41.3 Å². The summed E-state index contributed by atoms with van der Waals surface area (Å²) in [6.45, 7) is 7.05. The third-order valence-electron chi connectivity index (χ3n) is 3.51. The number of hydrogen-bond donors (Lipinski definition) is 2. The first-order valence-electron chi connectivity index (χ1n) is 8.09. The fourth-order valence-electron chi connectivity index (χ4n) is 2.26. The van der Waals surface area contributed by atoms with E-state index in [9.17, 15) is 0 Å². The first-order chi connectivity index (χ1) is 11.0. The highest BCUT2D eigenvalue weighted by Gasteiger charge is 2.08. The molecule has 0 saturated carbocycles. The second-order valence-electron chi connectivity index (χ2n) is 6.19. The van der Waals surface area contributed by atoms with Crippen molar-refractivity contribution in [2.75, 3.05) is 0 Å². The van der Waals surface area contributed by atoms with E-state index in [4.69, 9.17) is 10.2 Å². The van der Waals surface area contributed by atoms with Gasteiger partial charge in [0.2, 0.25) is 5.89 Å². The summed E-state index contributed by atoms with van der Waals surface area (Å²) < 4.78 is 5.47. The Kier molecular flexibility index (Phi) is 9.35. The Labute approximate surface area is 165 Å². The third kappa shape index (κ3) is 7.21. The number of halogens is 1. The summed E-state index contributed by atoms with van der Waals surface area (Å²) in [6, 6.07) is 4.29. The molecule has 0 spiro atoms. The van der Waals surface area contributed by atoms with Crippen molar-refractivity contribution in [3.05, 3.63) is 29.5 Å². The highest BCUT2D eigenvalue weighted by molar-refractivity contribution is 14.0. The van der Waals surface area contributed by atoms with E-state index in [2.05, 4.69) is 36.1 Å². The smallest absolute Gasteiger partial charge is 0.236 e. The van der Waals surface area contributed by atoms with Crippen LogP contribution in [0.3, 0.4) is 0 Å². The minimum absolute atomic E-state index is 0. The number of aromatic nitrogens is 1. The zero-order valence-corrected chi connectivity index (χ0v) is 17.6. The Morgan fingerprint density at radius 1 is 1.38 bits per heavy atom. The van der Waals surface area contributed by atoms with Gasteiger partial charge in [0.25, 0.3) is 0 Å². The first kappa shape index (κ1) is 21.0. The summed E-state index contributed by atoms with van der Waals surface area (Å²) in [6.07, 6.45) is 5.18. The van der Waals surface area contributed by atoms with Crippen LogP contribution in [0.1, 0.15) is 45.7 Å².